The van der Waals surface area contributed by atoms with Crippen LogP contribution < -0.4 is 14.4 Å². The number of carbonyl (C=O) groups excluding carboxylic acids is 2. The van der Waals surface area contributed by atoms with Crippen molar-refractivity contribution >= 4 is 74.5 Å². The van der Waals surface area contributed by atoms with Gasteiger partial charge >= 0.3 is 0 Å². The molecule has 5 rings (SSSR count). The molecule has 8 nitrogen and oxygen atoms in total. The fourth-order valence-corrected chi connectivity index (χ4v) is 7.36. The van der Waals surface area contributed by atoms with Crippen LogP contribution in [0.4, 0.5) is 5.13 Å². The van der Waals surface area contributed by atoms with Crippen molar-refractivity contribution in [3.63, 3.8) is 0 Å². The van der Waals surface area contributed by atoms with Gasteiger partial charge in [0.1, 0.15) is 6.61 Å². The first-order valence-electron chi connectivity index (χ1n) is 12.6. The Morgan fingerprint density at radius 1 is 1.17 bits per heavy atom. The normalized spacial score (nSPS) is 14.9. The van der Waals surface area contributed by atoms with Gasteiger partial charge in [0.05, 0.1) is 23.1 Å². The molecular formula is C29H23Cl2N3O5S3. The number of amides is 1. The number of ketones is 1. The number of hydrogen-bond acceptors (Lipinski definition) is 10. The van der Waals surface area contributed by atoms with Crippen LogP contribution in [-0.2, 0) is 10.5 Å². The van der Waals surface area contributed by atoms with Gasteiger partial charge in [-0.25, -0.2) is 0 Å². The lowest BCUT2D eigenvalue weighted by Gasteiger charge is -2.25. The zero-order valence-corrected chi connectivity index (χ0v) is 26.0. The minimum atomic E-state index is -0.990. The van der Waals surface area contributed by atoms with Crippen molar-refractivity contribution in [2.24, 2.45) is 0 Å². The monoisotopic (exact) mass is 659 g/mol. The number of nitrogens with zero attached hydrogens (tertiary/aromatic N) is 3. The number of aliphatic hydroxyl groups excluding tert-OH is 1. The molecular weight excluding hydrogens is 637 g/mol. The number of Topliss-reactive ketones (excluding diaryl/α,β-unsaturated/α-hetero) is 1. The van der Waals surface area contributed by atoms with Crippen LogP contribution in [-0.4, -0.2) is 40.2 Å². The summed E-state index contributed by atoms with van der Waals surface area (Å²) in [6.45, 7) is 6.14. The molecule has 4 aromatic rings. The second-order valence-corrected chi connectivity index (χ2v) is 12.7. The third-order valence-electron chi connectivity index (χ3n) is 6.11. The Kier molecular flexibility index (Phi) is 9.54. The van der Waals surface area contributed by atoms with E-state index in [1.165, 1.54) is 39.3 Å². The van der Waals surface area contributed by atoms with E-state index in [1.807, 2.05) is 13.0 Å². The van der Waals surface area contributed by atoms with Crippen molar-refractivity contribution in [2.45, 2.75) is 23.1 Å². The van der Waals surface area contributed by atoms with Crippen molar-refractivity contribution in [1.82, 2.24) is 10.2 Å². The van der Waals surface area contributed by atoms with Gasteiger partial charge in [0, 0.05) is 15.8 Å². The first-order chi connectivity index (χ1) is 20.3. The Bertz CT molecular complexity index is 1670. The molecule has 0 saturated heterocycles. The van der Waals surface area contributed by atoms with Crippen molar-refractivity contribution in [3.8, 4) is 11.5 Å². The van der Waals surface area contributed by atoms with E-state index in [-0.39, 0.29) is 17.3 Å². The molecule has 0 saturated carbocycles. The van der Waals surface area contributed by atoms with E-state index in [1.54, 1.807) is 53.9 Å². The number of halogens is 2. The van der Waals surface area contributed by atoms with Crippen molar-refractivity contribution in [2.75, 3.05) is 18.1 Å². The molecule has 1 atom stereocenters. The van der Waals surface area contributed by atoms with E-state index in [0.717, 1.165) is 5.56 Å². The SMILES string of the molecule is C=CCOc1ccc(C2C(C(=O)c3cccs3)=C(O)C(=O)N2c2nnc(SCc3ccc(Cl)cc3Cl)s2)cc1OCC. The standard InChI is InChI=1S/C29H23Cl2N3O5S3/c1-3-11-39-20-10-8-16(13-21(20)38-4-2)24-23(25(35)22-6-5-12-40-22)26(36)27(37)34(24)28-32-33-29(42-28)41-15-17-7-9-18(30)14-19(17)31/h3,5-10,12-14,24,36H,1,4,11,15H2,2H3. The number of carbonyl (C=O) groups is 2. The largest absolute Gasteiger partial charge is 0.503 e. The fourth-order valence-electron chi connectivity index (χ4n) is 4.26. The van der Waals surface area contributed by atoms with Gasteiger partial charge in [-0.05, 0) is 53.8 Å². The zero-order chi connectivity index (χ0) is 29.8. The second kappa shape index (κ2) is 13.3. The molecule has 2 aromatic carbocycles. The number of thioether (sulfide) groups is 1. The van der Waals surface area contributed by atoms with E-state index in [9.17, 15) is 14.7 Å². The number of ether oxygens (including phenoxy) is 2. The number of aliphatic hydroxyl groups is 1. The summed E-state index contributed by atoms with van der Waals surface area (Å²) in [5.74, 6) is -0.445. The van der Waals surface area contributed by atoms with Crippen LogP contribution in [0.5, 0.6) is 11.5 Å². The number of benzene rings is 2. The molecule has 2 aromatic heterocycles. The zero-order valence-electron chi connectivity index (χ0n) is 22.1. The number of hydrogen-bond donors (Lipinski definition) is 1. The number of anilines is 1. The van der Waals surface area contributed by atoms with Crippen LogP contribution >= 0.6 is 57.6 Å². The molecule has 0 aliphatic carbocycles. The first-order valence-corrected chi connectivity index (χ1v) is 16.0. The van der Waals surface area contributed by atoms with Crippen LogP contribution in [0.3, 0.4) is 0 Å². The van der Waals surface area contributed by atoms with Gasteiger partial charge in [-0.1, -0.05) is 77.2 Å². The van der Waals surface area contributed by atoms with Gasteiger partial charge in [0.25, 0.3) is 5.91 Å². The van der Waals surface area contributed by atoms with Crippen LogP contribution in [0.2, 0.25) is 10.0 Å². The molecule has 42 heavy (non-hydrogen) atoms. The van der Waals surface area contributed by atoms with Crippen LogP contribution in [0.1, 0.15) is 33.8 Å². The predicted octanol–water partition coefficient (Wildman–Crippen LogP) is 7.95. The Hall–Kier alpha value is -3.35. The number of aromatic nitrogens is 2. The quantitative estimate of drug-likeness (QED) is 0.0708. The maximum absolute atomic E-state index is 13.7. The summed E-state index contributed by atoms with van der Waals surface area (Å²) < 4.78 is 12.1. The average molecular weight is 661 g/mol. The van der Waals surface area contributed by atoms with Crippen molar-refractivity contribution in [3.05, 3.63) is 104 Å². The fraction of sp³-hybridized carbons (Fsp3) is 0.172. The Morgan fingerprint density at radius 3 is 2.71 bits per heavy atom. The highest BCUT2D eigenvalue weighted by molar-refractivity contribution is 8.00. The summed E-state index contributed by atoms with van der Waals surface area (Å²) in [5, 5.41) is 22.7. The van der Waals surface area contributed by atoms with E-state index in [4.69, 9.17) is 32.7 Å². The molecule has 216 valence electrons. The van der Waals surface area contributed by atoms with Gasteiger partial charge < -0.3 is 14.6 Å². The number of rotatable bonds is 12. The van der Waals surface area contributed by atoms with Gasteiger partial charge in [-0.2, -0.15) is 0 Å². The summed E-state index contributed by atoms with van der Waals surface area (Å²) >= 11 is 16.1. The van der Waals surface area contributed by atoms with E-state index >= 15 is 0 Å². The summed E-state index contributed by atoms with van der Waals surface area (Å²) in [7, 11) is 0. The average Bonchev–Trinajstić information content (AvgIpc) is 3.73. The maximum Gasteiger partial charge on any atom is 0.296 e. The lowest BCUT2D eigenvalue weighted by Crippen LogP contribution is -2.31. The Morgan fingerprint density at radius 2 is 2.00 bits per heavy atom. The third-order valence-corrected chi connectivity index (χ3v) is 9.67. The summed E-state index contributed by atoms with van der Waals surface area (Å²) in [5.41, 5.74) is 1.34. The van der Waals surface area contributed by atoms with Gasteiger partial charge in [0.2, 0.25) is 10.9 Å². The minimum Gasteiger partial charge on any atom is -0.503 e. The lowest BCUT2D eigenvalue weighted by atomic mass is 9.95. The van der Waals surface area contributed by atoms with Crippen LogP contribution in [0, 0.1) is 0 Å². The molecule has 0 spiro atoms. The van der Waals surface area contributed by atoms with Crippen molar-refractivity contribution in [1.29, 1.82) is 0 Å². The minimum absolute atomic E-state index is 0.0537. The van der Waals surface area contributed by atoms with Crippen molar-refractivity contribution < 1.29 is 24.2 Å². The Labute approximate surface area is 264 Å². The van der Waals surface area contributed by atoms with E-state index in [2.05, 4.69) is 16.8 Å². The van der Waals surface area contributed by atoms with Crippen LogP contribution in [0.25, 0.3) is 0 Å². The molecule has 1 amide bonds. The van der Waals surface area contributed by atoms with Crippen LogP contribution in [0.15, 0.2) is 82.2 Å². The van der Waals surface area contributed by atoms with Gasteiger partial charge in [-0.3, -0.25) is 14.5 Å². The van der Waals surface area contributed by atoms with E-state index < -0.39 is 23.5 Å². The smallest absolute Gasteiger partial charge is 0.296 e. The lowest BCUT2D eigenvalue weighted by molar-refractivity contribution is -0.117. The highest BCUT2D eigenvalue weighted by Gasteiger charge is 2.46. The molecule has 3 heterocycles. The molecule has 0 fully saturated rings. The Balaban J connectivity index is 1.52. The second-order valence-electron chi connectivity index (χ2n) is 8.76. The number of thiophene rings is 1. The molecule has 1 aliphatic rings. The van der Waals surface area contributed by atoms with E-state index in [0.29, 0.717) is 48.7 Å². The summed E-state index contributed by atoms with van der Waals surface area (Å²) in [4.78, 5) is 28.9. The molecule has 1 aliphatic heterocycles. The molecule has 13 heteroatoms. The molecule has 1 N–H and O–H groups in total. The first kappa shape index (κ1) is 30.1. The molecule has 0 bridgehead atoms. The molecule has 1 unspecified atom stereocenters. The van der Waals surface area contributed by atoms with Gasteiger partial charge in [0.15, 0.2) is 21.6 Å². The summed E-state index contributed by atoms with van der Waals surface area (Å²) in [6, 6.07) is 12.8. The third kappa shape index (κ3) is 6.20. The topological polar surface area (TPSA) is 102 Å². The predicted molar refractivity (Wildman–Crippen MR) is 168 cm³/mol. The highest BCUT2D eigenvalue weighted by atomic mass is 35.5. The highest BCUT2D eigenvalue weighted by Crippen LogP contribution is 2.46. The van der Waals surface area contributed by atoms with Gasteiger partial charge in [-0.15, -0.1) is 21.5 Å². The maximum atomic E-state index is 13.7. The summed E-state index contributed by atoms with van der Waals surface area (Å²) in [6.07, 6.45) is 1.62. The molecule has 0 radical (unpaired) electrons.